The van der Waals surface area contributed by atoms with Crippen LogP contribution in [0.1, 0.15) is 13.8 Å². The molecule has 1 aliphatic heterocycles. The summed E-state index contributed by atoms with van der Waals surface area (Å²) in [6.07, 6.45) is 1.25. The molecular formula is C13H29IN4O3S. The van der Waals surface area contributed by atoms with Crippen LogP contribution in [0.5, 0.6) is 0 Å². The van der Waals surface area contributed by atoms with Gasteiger partial charge in [0.1, 0.15) is 0 Å². The first-order chi connectivity index (χ1) is 9.76. The van der Waals surface area contributed by atoms with E-state index in [1.807, 2.05) is 0 Å². The Morgan fingerprint density at radius 1 is 1.27 bits per heavy atom. The minimum Gasteiger partial charge on any atom is -0.379 e. The first kappa shape index (κ1) is 21.9. The second-order valence-electron chi connectivity index (χ2n) is 5.84. The molecule has 0 spiro atoms. The normalized spacial score (nSPS) is 17.7. The summed E-state index contributed by atoms with van der Waals surface area (Å²) >= 11 is 0. The van der Waals surface area contributed by atoms with Crippen molar-refractivity contribution in [1.29, 1.82) is 0 Å². The minimum atomic E-state index is -3.11. The summed E-state index contributed by atoms with van der Waals surface area (Å²) in [6, 6.07) is 0. The molecule has 132 valence electrons. The van der Waals surface area contributed by atoms with E-state index >= 15 is 0 Å². The number of hydrogen-bond acceptors (Lipinski definition) is 5. The second kappa shape index (κ2) is 9.89. The number of aliphatic imine (C=N–C) groups is 1. The third kappa shape index (κ3) is 7.42. The van der Waals surface area contributed by atoms with Crippen molar-refractivity contribution < 1.29 is 13.2 Å². The predicted molar refractivity (Wildman–Crippen MR) is 101 cm³/mol. The number of guanidine groups is 1. The molecule has 0 bridgehead atoms. The molecule has 2 N–H and O–H groups in total. The van der Waals surface area contributed by atoms with Crippen molar-refractivity contribution in [3.63, 3.8) is 0 Å². The van der Waals surface area contributed by atoms with E-state index in [2.05, 4.69) is 20.5 Å². The number of ether oxygens (including phenoxy) is 1. The Balaban J connectivity index is 0.00000441. The van der Waals surface area contributed by atoms with Gasteiger partial charge in [0.2, 0.25) is 0 Å². The Labute approximate surface area is 151 Å². The van der Waals surface area contributed by atoms with E-state index < -0.39 is 14.6 Å². The van der Waals surface area contributed by atoms with Gasteiger partial charge in [0.25, 0.3) is 0 Å². The lowest BCUT2D eigenvalue weighted by molar-refractivity contribution is 0.0389. The molecule has 0 saturated carbocycles. The summed E-state index contributed by atoms with van der Waals surface area (Å²) in [7, 11) is -1.43. The number of hydrogen-bond donors (Lipinski definition) is 2. The molecule has 1 rings (SSSR count). The maximum Gasteiger partial charge on any atom is 0.191 e. The smallest absolute Gasteiger partial charge is 0.191 e. The highest BCUT2D eigenvalue weighted by atomic mass is 127. The van der Waals surface area contributed by atoms with Crippen LogP contribution in [0.15, 0.2) is 4.99 Å². The standard InChI is InChI=1S/C13H28N4O3S.HI/c1-13(2,21(4,18)19)11-16-12(14-3)15-5-6-17-7-9-20-10-8-17;/h5-11H2,1-4H3,(H2,14,15,16);1H. The zero-order valence-electron chi connectivity index (χ0n) is 13.9. The van der Waals surface area contributed by atoms with Crippen molar-refractivity contribution >= 4 is 39.8 Å². The van der Waals surface area contributed by atoms with E-state index in [0.717, 1.165) is 39.4 Å². The first-order valence-electron chi connectivity index (χ1n) is 7.20. The molecular weight excluding hydrogens is 419 g/mol. The van der Waals surface area contributed by atoms with Gasteiger partial charge in [-0.25, -0.2) is 8.42 Å². The van der Waals surface area contributed by atoms with E-state index in [1.54, 1.807) is 20.9 Å². The Bertz CT molecular complexity index is 448. The Hall–Kier alpha value is -0.130. The molecule has 0 aromatic carbocycles. The van der Waals surface area contributed by atoms with Gasteiger partial charge in [-0.3, -0.25) is 9.89 Å². The predicted octanol–water partition coefficient (Wildman–Crippen LogP) is -0.0752. The summed E-state index contributed by atoms with van der Waals surface area (Å²) in [6.45, 7) is 8.89. The fourth-order valence-electron chi connectivity index (χ4n) is 1.81. The maximum atomic E-state index is 11.7. The quantitative estimate of drug-likeness (QED) is 0.336. The monoisotopic (exact) mass is 448 g/mol. The van der Waals surface area contributed by atoms with Gasteiger partial charge in [0.05, 0.1) is 18.0 Å². The topological polar surface area (TPSA) is 83.0 Å². The van der Waals surface area contributed by atoms with Gasteiger partial charge in [0, 0.05) is 46.0 Å². The number of morpholine rings is 1. The molecule has 1 saturated heterocycles. The van der Waals surface area contributed by atoms with Gasteiger partial charge in [-0.2, -0.15) is 0 Å². The Morgan fingerprint density at radius 2 is 1.86 bits per heavy atom. The molecule has 1 fully saturated rings. The average Bonchev–Trinajstić information content (AvgIpc) is 2.42. The summed E-state index contributed by atoms with van der Waals surface area (Å²) in [4.78, 5) is 6.44. The van der Waals surface area contributed by atoms with Crippen LogP contribution in [0.4, 0.5) is 0 Å². The second-order valence-corrected chi connectivity index (χ2v) is 8.49. The molecule has 7 nitrogen and oxygen atoms in total. The summed E-state index contributed by atoms with van der Waals surface area (Å²) in [5.41, 5.74) is 0. The molecule has 0 amide bonds. The van der Waals surface area contributed by atoms with Crippen LogP contribution >= 0.6 is 24.0 Å². The van der Waals surface area contributed by atoms with E-state index in [1.165, 1.54) is 6.26 Å². The van der Waals surface area contributed by atoms with Gasteiger partial charge >= 0.3 is 0 Å². The third-order valence-corrected chi connectivity index (χ3v) is 5.88. The lowest BCUT2D eigenvalue weighted by Gasteiger charge is -2.27. The molecule has 1 aliphatic rings. The fraction of sp³-hybridized carbons (Fsp3) is 0.923. The number of nitrogens with zero attached hydrogens (tertiary/aromatic N) is 2. The zero-order valence-corrected chi connectivity index (χ0v) is 17.0. The lowest BCUT2D eigenvalue weighted by Crippen LogP contribution is -2.49. The molecule has 9 heteroatoms. The summed E-state index contributed by atoms with van der Waals surface area (Å²) in [5.74, 6) is 0.625. The molecule has 22 heavy (non-hydrogen) atoms. The van der Waals surface area contributed by atoms with E-state index in [0.29, 0.717) is 12.5 Å². The van der Waals surface area contributed by atoms with Crippen LogP contribution < -0.4 is 10.6 Å². The molecule has 0 aromatic rings. The highest BCUT2D eigenvalue weighted by molar-refractivity contribution is 14.0. The van der Waals surface area contributed by atoms with E-state index in [-0.39, 0.29) is 24.0 Å². The Kier molecular flexibility index (Phi) is 9.83. The van der Waals surface area contributed by atoms with Crippen molar-refractivity contribution in [2.75, 3.05) is 59.2 Å². The van der Waals surface area contributed by atoms with Crippen molar-refractivity contribution in [3.05, 3.63) is 0 Å². The van der Waals surface area contributed by atoms with Crippen molar-refractivity contribution in [1.82, 2.24) is 15.5 Å². The molecule has 0 aliphatic carbocycles. The number of sulfone groups is 1. The van der Waals surface area contributed by atoms with Crippen molar-refractivity contribution in [2.45, 2.75) is 18.6 Å². The molecule has 0 radical (unpaired) electrons. The van der Waals surface area contributed by atoms with Crippen LogP contribution in [-0.4, -0.2) is 83.3 Å². The molecule has 0 unspecified atom stereocenters. The Morgan fingerprint density at radius 3 is 2.36 bits per heavy atom. The molecule has 0 aromatic heterocycles. The van der Waals surface area contributed by atoms with Crippen LogP contribution in [0.2, 0.25) is 0 Å². The van der Waals surface area contributed by atoms with Crippen LogP contribution in [0.3, 0.4) is 0 Å². The SMILES string of the molecule is CN=C(NCCN1CCOCC1)NCC(C)(C)S(C)(=O)=O.I. The van der Waals surface area contributed by atoms with Crippen molar-refractivity contribution in [2.24, 2.45) is 4.99 Å². The van der Waals surface area contributed by atoms with Gasteiger partial charge in [-0.05, 0) is 13.8 Å². The number of halogens is 1. The van der Waals surface area contributed by atoms with Crippen molar-refractivity contribution in [3.8, 4) is 0 Å². The summed E-state index contributed by atoms with van der Waals surface area (Å²) < 4.78 is 27.8. The van der Waals surface area contributed by atoms with Gasteiger partial charge in [-0.1, -0.05) is 0 Å². The lowest BCUT2D eigenvalue weighted by atomic mass is 10.2. The van der Waals surface area contributed by atoms with Gasteiger partial charge in [-0.15, -0.1) is 24.0 Å². The van der Waals surface area contributed by atoms with Gasteiger partial charge < -0.3 is 15.4 Å². The fourth-order valence-corrected chi connectivity index (χ4v) is 2.14. The van der Waals surface area contributed by atoms with E-state index in [4.69, 9.17) is 4.74 Å². The zero-order chi connectivity index (χ0) is 15.9. The van der Waals surface area contributed by atoms with Crippen LogP contribution in [0, 0.1) is 0 Å². The number of nitrogens with one attached hydrogen (secondary N) is 2. The first-order valence-corrected chi connectivity index (χ1v) is 9.09. The van der Waals surface area contributed by atoms with Gasteiger partial charge in [0.15, 0.2) is 15.8 Å². The largest absolute Gasteiger partial charge is 0.379 e. The maximum absolute atomic E-state index is 11.7. The molecule has 1 heterocycles. The minimum absolute atomic E-state index is 0. The highest BCUT2D eigenvalue weighted by Gasteiger charge is 2.30. The average molecular weight is 448 g/mol. The van der Waals surface area contributed by atoms with Crippen LogP contribution in [0.25, 0.3) is 0 Å². The van der Waals surface area contributed by atoms with E-state index in [9.17, 15) is 8.42 Å². The third-order valence-electron chi connectivity index (χ3n) is 3.73. The number of rotatable bonds is 6. The molecule has 0 atom stereocenters. The highest BCUT2D eigenvalue weighted by Crippen LogP contribution is 2.13. The summed E-state index contributed by atoms with van der Waals surface area (Å²) in [5, 5.41) is 6.27. The van der Waals surface area contributed by atoms with Crippen LogP contribution in [-0.2, 0) is 14.6 Å².